The molecule has 6 nitrogen and oxygen atoms in total. The highest BCUT2D eigenvalue weighted by molar-refractivity contribution is 5.66. The molecular weight excluding hydrogens is 272 g/mol. The van der Waals surface area contributed by atoms with Gasteiger partial charge >= 0.3 is 6.09 Å². The Morgan fingerprint density at radius 1 is 1.29 bits per heavy atom. The molecule has 1 unspecified atom stereocenters. The van der Waals surface area contributed by atoms with Gasteiger partial charge in [-0.25, -0.2) is 4.79 Å². The number of carbonyl (C=O) groups is 1. The lowest BCUT2D eigenvalue weighted by atomic mass is 10.1. The van der Waals surface area contributed by atoms with Crippen LogP contribution in [0.2, 0.25) is 0 Å². The zero-order valence-electron chi connectivity index (χ0n) is 13.0. The molecule has 1 atom stereocenters. The molecule has 0 radical (unpaired) electrons. The van der Waals surface area contributed by atoms with E-state index in [1.165, 1.54) is 0 Å². The minimum Gasteiger partial charge on any atom is -0.497 e. The molecule has 1 amide bonds. The van der Waals surface area contributed by atoms with Gasteiger partial charge in [0.2, 0.25) is 0 Å². The summed E-state index contributed by atoms with van der Waals surface area (Å²) in [5.41, 5.74) is 8.21. The van der Waals surface area contributed by atoms with Gasteiger partial charge in [0.25, 0.3) is 0 Å². The molecule has 0 spiro atoms. The Kier molecular flexibility index (Phi) is 6.45. The number of rotatable bonds is 6. The van der Waals surface area contributed by atoms with Crippen LogP contribution in [0.3, 0.4) is 0 Å². The second-order valence-corrected chi connectivity index (χ2v) is 5.56. The number of nitrogens with one attached hydrogen (secondary N) is 1. The van der Waals surface area contributed by atoms with E-state index in [9.17, 15) is 4.79 Å². The number of amides is 1. The van der Waals surface area contributed by atoms with Gasteiger partial charge in [-0.15, -0.1) is 0 Å². The highest BCUT2D eigenvalue weighted by atomic mass is 16.7. The van der Waals surface area contributed by atoms with Crippen LogP contribution in [0.4, 0.5) is 4.79 Å². The first kappa shape index (κ1) is 17.3. The van der Waals surface area contributed by atoms with Crippen LogP contribution < -0.4 is 16.0 Å². The van der Waals surface area contributed by atoms with Gasteiger partial charge in [0.15, 0.2) is 0 Å². The molecule has 0 saturated carbocycles. The molecule has 3 N–H and O–H groups in total. The third-order valence-electron chi connectivity index (χ3n) is 2.60. The van der Waals surface area contributed by atoms with Crippen molar-refractivity contribution in [2.45, 2.75) is 38.9 Å². The predicted molar refractivity (Wildman–Crippen MR) is 79.9 cm³/mol. The van der Waals surface area contributed by atoms with Crippen molar-refractivity contribution in [1.29, 1.82) is 0 Å². The van der Waals surface area contributed by atoms with E-state index in [2.05, 4.69) is 5.48 Å². The molecule has 118 valence electrons. The van der Waals surface area contributed by atoms with E-state index in [1.54, 1.807) is 27.9 Å². The fraction of sp³-hybridized carbons (Fsp3) is 0.533. The monoisotopic (exact) mass is 296 g/mol. The second-order valence-electron chi connectivity index (χ2n) is 5.56. The molecular formula is C15H24N2O4. The molecule has 1 rings (SSSR count). The van der Waals surface area contributed by atoms with E-state index >= 15 is 0 Å². The number of hydroxylamine groups is 1. The summed E-state index contributed by atoms with van der Waals surface area (Å²) < 4.78 is 10.2. The largest absolute Gasteiger partial charge is 0.497 e. The average molecular weight is 296 g/mol. The molecule has 21 heavy (non-hydrogen) atoms. The summed E-state index contributed by atoms with van der Waals surface area (Å²) >= 11 is 0. The number of hydrogen-bond acceptors (Lipinski definition) is 5. The SMILES string of the molecule is COc1ccc(C(CCN)ONC(=O)OC(C)(C)C)cc1. The number of ether oxygens (including phenoxy) is 2. The first-order chi connectivity index (χ1) is 9.85. The number of methoxy groups -OCH3 is 1. The zero-order valence-corrected chi connectivity index (χ0v) is 13.0. The smallest absolute Gasteiger partial charge is 0.431 e. The number of benzene rings is 1. The minimum atomic E-state index is -0.627. The zero-order chi connectivity index (χ0) is 15.9. The van der Waals surface area contributed by atoms with Gasteiger partial charge in [-0.3, -0.25) is 4.84 Å². The summed E-state index contributed by atoms with van der Waals surface area (Å²) in [6.45, 7) is 5.79. The Labute approximate surface area is 125 Å². The predicted octanol–water partition coefficient (Wildman–Crippen LogP) is 2.54. The first-order valence-corrected chi connectivity index (χ1v) is 6.84. The fourth-order valence-corrected chi connectivity index (χ4v) is 1.68. The Morgan fingerprint density at radius 3 is 2.38 bits per heavy atom. The molecule has 0 bridgehead atoms. The van der Waals surface area contributed by atoms with Crippen LogP contribution in [-0.2, 0) is 9.57 Å². The summed E-state index contributed by atoms with van der Waals surface area (Å²) in [7, 11) is 1.60. The summed E-state index contributed by atoms with van der Waals surface area (Å²) in [4.78, 5) is 17.0. The summed E-state index contributed by atoms with van der Waals surface area (Å²) in [5, 5.41) is 0. The van der Waals surface area contributed by atoms with Gasteiger partial charge in [0.1, 0.15) is 17.5 Å². The Balaban J connectivity index is 2.62. The molecule has 1 aromatic carbocycles. The number of carbonyl (C=O) groups excluding carboxylic acids is 1. The van der Waals surface area contributed by atoms with E-state index in [0.29, 0.717) is 13.0 Å². The number of nitrogens with two attached hydrogens (primary N) is 1. The lowest BCUT2D eigenvalue weighted by Gasteiger charge is -2.22. The lowest BCUT2D eigenvalue weighted by molar-refractivity contribution is -0.0455. The van der Waals surface area contributed by atoms with Gasteiger partial charge in [0.05, 0.1) is 7.11 Å². The molecule has 1 aromatic rings. The van der Waals surface area contributed by atoms with Crippen molar-refractivity contribution < 1.29 is 19.1 Å². The normalized spacial score (nSPS) is 12.6. The molecule has 0 aliphatic rings. The summed E-state index contributed by atoms with van der Waals surface area (Å²) in [6.07, 6.45) is -0.395. The van der Waals surface area contributed by atoms with E-state index < -0.39 is 11.7 Å². The molecule has 0 saturated heterocycles. The van der Waals surface area contributed by atoms with Crippen molar-refractivity contribution in [3.8, 4) is 5.75 Å². The van der Waals surface area contributed by atoms with Gasteiger partial charge in [0, 0.05) is 0 Å². The molecule has 0 aliphatic heterocycles. The fourth-order valence-electron chi connectivity index (χ4n) is 1.68. The van der Waals surface area contributed by atoms with E-state index in [4.69, 9.17) is 20.0 Å². The van der Waals surface area contributed by atoms with Crippen molar-refractivity contribution in [2.75, 3.05) is 13.7 Å². The summed E-state index contributed by atoms with van der Waals surface area (Å²) in [5.74, 6) is 0.755. The third-order valence-corrected chi connectivity index (χ3v) is 2.60. The summed E-state index contributed by atoms with van der Waals surface area (Å²) in [6, 6.07) is 7.40. The van der Waals surface area contributed by atoms with E-state index in [1.807, 2.05) is 24.3 Å². The van der Waals surface area contributed by atoms with Crippen molar-refractivity contribution in [2.24, 2.45) is 5.73 Å². The van der Waals surface area contributed by atoms with Gasteiger partial charge in [-0.2, -0.15) is 5.48 Å². The van der Waals surface area contributed by atoms with Crippen LogP contribution in [-0.4, -0.2) is 25.3 Å². The molecule has 0 aromatic heterocycles. The Morgan fingerprint density at radius 2 is 1.90 bits per heavy atom. The Bertz CT molecular complexity index is 440. The van der Waals surface area contributed by atoms with Crippen LogP contribution in [0.25, 0.3) is 0 Å². The Hall–Kier alpha value is -1.79. The lowest BCUT2D eigenvalue weighted by Crippen LogP contribution is -2.33. The standard InChI is InChI=1S/C15H24N2O4/c1-15(2,3)20-14(18)17-21-13(9-10-16)11-5-7-12(19-4)8-6-11/h5-8,13H,9-10,16H2,1-4H3,(H,17,18). The maximum absolute atomic E-state index is 11.6. The van der Waals surface area contributed by atoms with Crippen LogP contribution in [0, 0.1) is 0 Å². The van der Waals surface area contributed by atoms with Crippen LogP contribution in [0.1, 0.15) is 38.9 Å². The van der Waals surface area contributed by atoms with Crippen molar-refractivity contribution in [3.63, 3.8) is 0 Å². The highest BCUT2D eigenvalue weighted by Gasteiger charge is 2.18. The maximum atomic E-state index is 11.6. The average Bonchev–Trinajstić information content (AvgIpc) is 2.42. The molecule has 0 heterocycles. The van der Waals surface area contributed by atoms with Gasteiger partial charge < -0.3 is 15.2 Å². The quantitative estimate of drug-likeness (QED) is 0.788. The minimum absolute atomic E-state index is 0.339. The van der Waals surface area contributed by atoms with Crippen LogP contribution >= 0.6 is 0 Å². The van der Waals surface area contributed by atoms with Gasteiger partial charge in [-0.1, -0.05) is 12.1 Å². The van der Waals surface area contributed by atoms with E-state index in [-0.39, 0.29) is 6.10 Å². The van der Waals surface area contributed by atoms with Crippen molar-refractivity contribution in [3.05, 3.63) is 29.8 Å². The van der Waals surface area contributed by atoms with Crippen molar-refractivity contribution in [1.82, 2.24) is 5.48 Å². The third kappa shape index (κ3) is 6.46. The van der Waals surface area contributed by atoms with Crippen LogP contribution in [0.15, 0.2) is 24.3 Å². The number of hydrogen-bond donors (Lipinski definition) is 2. The van der Waals surface area contributed by atoms with E-state index in [0.717, 1.165) is 11.3 Å². The van der Waals surface area contributed by atoms with Gasteiger partial charge in [-0.05, 0) is 51.4 Å². The second kappa shape index (κ2) is 7.85. The van der Waals surface area contributed by atoms with Crippen molar-refractivity contribution >= 4 is 6.09 Å². The van der Waals surface area contributed by atoms with Crippen LogP contribution in [0.5, 0.6) is 5.75 Å². The molecule has 6 heteroatoms. The molecule has 0 fully saturated rings. The maximum Gasteiger partial charge on any atom is 0.431 e. The highest BCUT2D eigenvalue weighted by Crippen LogP contribution is 2.22. The molecule has 0 aliphatic carbocycles. The first-order valence-electron chi connectivity index (χ1n) is 6.84. The topological polar surface area (TPSA) is 82.8 Å².